The van der Waals surface area contributed by atoms with E-state index in [4.69, 9.17) is 14.2 Å². The maximum absolute atomic E-state index is 13.8. The first kappa shape index (κ1) is 23.4. The second-order valence-electron chi connectivity index (χ2n) is 7.23. The lowest BCUT2D eigenvalue weighted by Crippen LogP contribution is -2.36. The standard InChI is InChI=1S/C24H21FN2O6S/c1-31-18-12-15(13-19-22(18)33-11-10-32-19)6-7-21(28)26-8-9-27-23(29)20(34-24(27)30)14-16-4-2-3-5-17(16)25/h2-7,12-14H,8-11H2,1H3,(H,26,28). The van der Waals surface area contributed by atoms with Crippen LogP contribution in [0.1, 0.15) is 11.1 Å². The molecule has 1 saturated heterocycles. The van der Waals surface area contributed by atoms with E-state index < -0.39 is 22.9 Å². The number of hydrogen-bond donors (Lipinski definition) is 1. The molecule has 34 heavy (non-hydrogen) atoms. The first-order chi connectivity index (χ1) is 16.5. The molecule has 1 N–H and O–H groups in total. The van der Waals surface area contributed by atoms with Crippen LogP contribution in [0, 0.1) is 5.82 Å². The molecule has 0 aromatic heterocycles. The number of rotatable bonds is 7. The summed E-state index contributed by atoms with van der Waals surface area (Å²) in [5.74, 6) is 0.156. The minimum atomic E-state index is -0.522. The van der Waals surface area contributed by atoms with Crippen LogP contribution in [0.2, 0.25) is 0 Å². The molecule has 2 aliphatic rings. The van der Waals surface area contributed by atoms with E-state index >= 15 is 0 Å². The number of fused-ring (bicyclic) bond motifs is 1. The van der Waals surface area contributed by atoms with E-state index in [1.165, 1.54) is 31.4 Å². The van der Waals surface area contributed by atoms with Gasteiger partial charge in [0.05, 0.1) is 12.0 Å². The summed E-state index contributed by atoms with van der Waals surface area (Å²) in [5.41, 5.74) is 0.905. The van der Waals surface area contributed by atoms with Crippen LogP contribution < -0.4 is 19.5 Å². The Hall–Kier alpha value is -3.79. The molecule has 0 aliphatic carbocycles. The second kappa shape index (κ2) is 10.4. The van der Waals surface area contributed by atoms with Crippen molar-refractivity contribution in [2.45, 2.75) is 0 Å². The first-order valence-electron chi connectivity index (χ1n) is 10.4. The zero-order chi connectivity index (χ0) is 24.1. The Morgan fingerprint density at radius 2 is 2.03 bits per heavy atom. The van der Waals surface area contributed by atoms with Crippen molar-refractivity contribution in [3.63, 3.8) is 0 Å². The van der Waals surface area contributed by atoms with Gasteiger partial charge in [0, 0.05) is 24.7 Å². The number of methoxy groups -OCH3 is 1. The Balaban J connectivity index is 1.33. The highest BCUT2D eigenvalue weighted by Crippen LogP contribution is 2.40. The molecule has 2 heterocycles. The Morgan fingerprint density at radius 3 is 2.82 bits per heavy atom. The molecule has 0 saturated carbocycles. The van der Waals surface area contributed by atoms with Crippen molar-refractivity contribution >= 4 is 41.0 Å². The highest BCUT2D eigenvalue weighted by molar-refractivity contribution is 8.18. The third kappa shape index (κ3) is 5.23. The molecular weight excluding hydrogens is 463 g/mol. The van der Waals surface area contributed by atoms with Gasteiger partial charge < -0.3 is 19.5 Å². The van der Waals surface area contributed by atoms with Gasteiger partial charge in [-0.1, -0.05) is 18.2 Å². The molecule has 2 aromatic rings. The monoisotopic (exact) mass is 484 g/mol. The maximum Gasteiger partial charge on any atom is 0.293 e. The van der Waals surface area contributed by atoms with Crippen LogP contribution in [0.25, 0.3) is 12.2 Å². The minimum Gasteiger partial charge on any atom is -0.493 e. The third-order valence-electron chi connectivity index (χ3n) is 4.98. The van der Waals surface area contributed by atoms with Crippen molar-refractivity contribution in [2.75, 3.05) is 33.4 Å². The first-order valence-corrected chi connectivity index (χ1v) is 11.2. The quantitative estimate of drug-likeness (QED) is 0.602. The van der Waals surface area contributed by atoms with Gasteiger partial charge in [0.25, 0.3) is 11.1 Å². The second-order valence-corrected chi connectivity index (χ2v) is 8.22. The van der Waals surface area contributed by atoms with Gasteiger partial charge in [-0.2, -0.15) is 0 Å². The van der Waals surface area contributed by atoms with E-state index in [9.17, 15) is 18.8 Å². The average Bonchev–Trinajstić information content (AvgIpc) is 3.11. The largest absolute Gasteiger partial charge is 0.493 e. The molecule has 2 aromatic carbocycles. The fraction of sp³-hybridized carbons (Fsp3) is 0.208. The molecule has 0 radical (unpaired) electrons. The van der Waals surface area contributed by atoms with Crippen molar-refractivity contribution in [1.29, 1.82) is 0 Å². The summed E-state index contributed by atoms with van der Waals surface area (Å²) in [6.45, 7) is 0.921. The number of carbonyl (C=O) groups is 3. The molecule has 0 bridgehead atoms. The van der Waals surface area contributed by atoms with E-state index in [2.05, 4.69) is 5.32 Å². The molecule has 3 amide bonds. The lowest BCUT2D eigenvalue weighted by molar-refractivity contribution is -0.123. The number of ether oxygens (including phenoxy) is 3. The molecule has 176 valence electrons. The SMILES string of the molecule is COc1cc(C=CC(=O)NCCN2C(=O)SC(=Cc3ccccc3F)C2=O)cc2c1OCCO2. The van der Waals surface area contributed by atoms with Gasteiger partial charge in [-0.05, 0) is 47.7 Å². The average molecular weight is 485 g/mol. The summed E-state index contributed by atoms with van der Waals surface area (Å²) in [6.07, 6.45) is 4.27. The van der Waals surface area contributed by atoms with Gasteiger partial charge in [0.2, 0.25) is 11.7 Å². The van der Waals surface area contributed by atoms with Crippen LogP contribution in [0.4, 0.5) is 9.18 Å². The van der Waals surface area contributed by atoms with Crippen LogP contribution >= 0.6 is 11.8 Å². The lowest BCUT2D eigenvalue weighted by Gasteiger charge is -2.20. The number of benzene rings is 2. The van der Waals surface area contributed by atoms with Gasteiger partial charge in [-0.15, -0.1) is 0 Å². The van der Waals surface area contributed by atoms with Crippen molar-refractivity contribution in [1.82, 2.24) is 10.2 Å². The van der Waals surface area contributed by atoms with Crippen LogP contribution in [-0.4, -0.2) is 55.4 Å². The zero-order valence-electron chi connectivity index (χ0n) is 18.2. The van der Waals surface area contributed by atoms with Crippen LogP contribution in [0.15, 0.2) is 47.4 Å². The number of halogens is 1. The number of hydrogen-bond acceptors (Lipinski definition) is 7. The number of carbonyl (C=O) groups excluding carboxylic acids is 3. The van der Waals surface area contributed by atoms with E-state index in [1.807, 2.05) is 0 Å². The van der Waals surface area contributed by atoms with Crippen molar-refractivity contribution in [3.05, 3.63) is 64.3 Å². The summed E-state index contributed by atoms with van der Waals surface area (Å²) in [6, 6.07) is 9.44. The lowest BCUT2D eigenvalue weighted by atomic mass is 10.1. The predicted octanol–water partition coefficient (Wildman–Crippen LogP) is 3.47. The molecule has 2 aliphatic heterocycles. The Bertz CT molecular complexity index is 1180. The summed E-state index contributed by atoms with van der Waals surface area (Å²) >= 11 is 0.738. The molecule has 1 fully saturated rings. The third-order valence-corrected chi connectivity index (χ3v) is 5.88. The Kier molecular flexibility index (Phi) is 7.17. The minimum absolute atomic E-state index is 0.00327. The summed E-state index contributed by atoms with van der Waals surface area (Å²) < 4.78 is 30.3. The number of amides is 3. The van der Waals surface area contributed by atoms with Crippen molar-refractivity contribution < 1.29 is 33.0 Å². The zero-order valence-corrected chi connectivity index (χ0v) is 19.0. The van der Waals surface area contributed by atoms with E-state index in [0.29, 0.717) is 36.0 Å². The van der Waals surface area contributed by atoms with E-state index in [1.54, 1.807) is 30.3 Å². The van der Waals surface area contributed by atoms with E-state index in [0.717, 1.165) is 16.7 Å². The van der Waals surface area contributed by atoms with Crippen molar-refractivity contribution in [2.24, 2.45) is 0 Å². The maximum atomic E-state index is 13.8. The Morgan fingerprint density at radius 1 is 1.24 bits per heavy atom. The number of nitrogens with zero attached hydrogens (tertiary/aromatic N) is 1. The molecule has 0 atom stereocenters. The summed E-state index contributed by atoms with van der Waals surface area (Å²) in [4.78, 5) is 38.1. The highest BCUT2D eigenvalue weighted by atomic mass is 32.2. The van der Waals surface area contributed by atoms with Gasteiger partial charge >= 0.3 is 0 Å². The fourth-order valence-electron chi connectivity index (χ4n) is 3.34. The smallest absolute Gasteiger partial charge is 0.293 e. The van der Waals surface area contributed by atoms with E-state index in [-0.39, 0.29) is 23.6 Å². The van der Waals surface area contributed by atoms with Gasteiger partial charge in [-0.3, -0.25) is 19.3 Å². The highest BCUT2D eigenvalue weighted by Gasteiger charge is 2.34. The number of thioether (sulfide) groups is 1. The van der Waals surface area contributed by atoms with Crippen molar-refractivity contribution in [3.8, 4) is 17.2 Å². The number of nitrogens with one attached hydrogen (secondary N) is 1. The van der Waals surface area contributed by atoms with Gasteiger partial charge in [0.15, 0.2) is 11.5 Å². The topological polar surface area (TPSA) is 94.2 Å². The summed E-state index contributed by atoms with van der Waals surface area (Å²) in [5, 5.41) is 2.17. The molecule has 8 nitrogen and oxygen atoms in total. The molecule has 10 heteroatoms. The predicted molar refractivity (Wildman–Crippen MR) is 125 cm³/mol. The van der Waals surface area contributed by atoms with Gasteiger partial charge in [0.1, 0.15) is 19.0 Å². The molecule has 0 spiro atoms. The van der Waals surface area contributed by atoms with Crippen LogP contribution in [-0.2, 0) is 9.59 Å². The summed E-state index contributed by atoms with van der Waals surface area (Å²) in [7, 11) is 1.52. The molecule has 0 unspecified atom stereocenters. The molecule has 4 rings (SSSR count). The molecular formula is C24H21FN2O6S. The normalized spacial score (nSPS) is 16.4. The Labute approximate surface area is 199 Å². The van der Waals surface area contributed by atoms with Gasteiger partial charge in [-0.25, -0.2) is 4.39 Å². The van der Waals surface area contributed by atoms with Crippen LogP contribution in [0.3, 0.4) is 0 Å². The van der Waals surface area contributed by atoms with Crippen LogP contribution in [0.5, 0.6) is 17.2 Å². The number of imide groups is 1. The fourth-order valence-corrected chi connectivity index (χ4v) is 4.19.